The molecule has 21 heavy (non-hydrogen) atoms. The topological polar surface area (TPSA) is 71.3 Å². The highest BCUT2D eigenvalue weighted by molar-refractivity contribution is 9.10. The monoisotopic (exact) mass is 380 g/mol. The van der Waals surface area contributed by atoms with Crippen LogP contribution >= 0.6 is 15.9 Å². The van der Waals surface area contributed by atoms with Gasteiger partial charge in [0.1, 0.15) is 10.7 Å². The summed E-state index contributed by atoms with van der Waals surface area (Å²) in [6.07, 6.45) is 0. The minimum Gasteiger partial charge on any atom is -0.452 e. The Balaban J connectivity index is 2.86. The first-order valence-corrected chi connectivity index (χ1v) is 9.36. The van der Waals surface area contributed by atoms with Gasteiger partial charge in [-0.05, 0) is 33.8 Å². The van der Waals surface area contributed by atoms with Gasteiger partial charge in [-0.3, -0.25) is 0 Å². The lowest BCUT2D eigenvalue weighted by molar-refractivity contribution is 0.252. The van der Waals surface area contributed by atoms with Crippen molar-refractivity contribution >= 4 is 26.0 Å². The van der Waals surface area contributed by atoms with Crippen molar-refractivity contribution in [2.75, 3.05) is 13.1 Å². The summed E-state index contributed by atoms with van der Waals surface area (Å²) in [5.41, 5.74) is -0.115. The molecular weight excluding hydrogens is 356 g/mol. The minimum atomic E-state index is -3.58. The molecule has 0 radical (unpaired) electrons. The highest BCUT2D eigenvalue weighted by Gasteiger charge is 2.28. The van der Waals surface area contributed by atoms with Crippen molar-refractivity contribution in [1.29, 1.82) is 0 Å². The van der Waals surface area contributed by atoms with Gasteiger partial charge in [-0.15, -0.1) is 0 Å². The second-order valence-corrected chi connectivity index (χ2v) is 8.55. The van der Waals surface area contributed by atoms with E-state index in [1.54, 1.807) is 6.07 Å². The van der Waals surface area contributed by atoms with E-state index < -0.39 is 10.0 Å². The second kappa shape index (κ2) is 7.26. The lowest BCUT2D eigenvalue weighted by atomic mass is 9.81. The molecule has 0 aliphatic rings. The highest BCUT2D eigenvalue weighted by Crippen LogP contribution is 2.28. The maximum atomic E-state index is 12.4. The zero-order chi connectivity index (χ0) is 16.3. The normalized spacial score (nSPS) is 13.1. The number of hydrogen-bond donors (Lipinski definition) is 2. The SMILES string of the molecule is CCNCc1cc(S(=O)(=O)NCC(C)(C)C(C)C)c(Br)o1. The lowest BCUT2D eigenvalue weighted by Gasteiger charge is -2.29. The summed E-state index contributed by atoms with van der Waals surface area (Å²) in [5.74, 6) is 0.963. The number of halogens is 1. The average molecular weight is 381 g/mol. The van der Waals surface area contributed by atoms with Crippen LogP contribution in [0.2, 0.25) is 0 Å². The van der Waals surface area contributed by atoms with E-state index in [1.165, 1.54) is 0 Å². The standard InChI is InChI=1S/C14H25BrN2O3S/c1-6-16-8-11-7-12(13(15)20-11)21(18,19)17-9-14(4,5)10(2)3/h7,10,16-17H,6,8-9H2,1-5H3. The number of nitrogens with one attached hydrogen (secondary N) is 2. The molecule has 0 bridgehead atoms. The van der Waals surface area contributed by atoms with Crippen LogP contribution < -0.4 is 10.0 Å². The Kier molecular flexibility index (Phi) is 6.46. The molecule has 1 aromatic rings. The first-order chi connectivity index (χ1) is 9.60. The van der Waals surface area contributed by atoms with Crippen LogP contribution in [-0.4, -0.2) is 21.5 Å². The van der Waals surface area contributed by atoms with E-state index >= 15 is 0 Å². The Morgan fingerprint density at radius 2 is 2.00 bits per heavy atom. The molecule has 1 heterocycles. The molecule has 7 heteroatoms. The average Bonchev–Trinajstić information content (AvgIpc) is 2.76. The van der Waals surface area contributed by atoms with Gasteiger partial charge in [0.15, 0.2) is 4.67 Å². The molecule has 122 valence electrons. The van der Waals surface area contributed by atoms with Crippen molar-refractivity contribution in [1.82, 2.24) is 10.0 Å². The Labute approximate surface area is 136 Å². The van der Waals surface area contributed by atoms with Gasteiger partial charge in [0.25, 0.3) is 0 Å². The fraction of sp³-hybridized carbons (Fsp3) is 0.714. The third-order valence-electron chi connectivity index (χ3n) is 3.83. The Bertz CT molecular complexity index is 565. The van der Waals surface area contributed by atoms with E-state index in [9.17, 15) is 8.42 Å². The second-order valence-electron chi connectivity index (χ2n) is 6.10. The Morgan fingerprint density at radius 3 is 2.52 bits per heavy atom. The van der Waals surface area contributed by atoms with Crippen LogP contribution in [0.1, 0.15) is 40.4 Å². The molecule has 0 atom stereocenters. The number of furan rings is 1. The van der Waals surface area contributed by atoms with Crippen LogP contribution in [-0.2, 0) is 16.6 Å². The highest BCUT2D eigenvalue weighted by atomic mass is 79.9. The first-order valence-electron chi connectivity index (χ1n) is 7.08. The van der Waals surface area contributed by atoms with Gasteiger partial charge >= 0.3 is 0 Å². The van der Waals surface area contributed by atoms with Gasteiger partial charge in [0.2, 0.25) is 10.0 Å². The summed E-state index contributed by atoms with van der Waals surface area (Å²) < 4.78 is 33.1. The van der Waals surface area contributed by atoms with E-state index in [0.717, 1.165) is 6.54 Å². The summed E-state index contributed by atoms with van der Waals surface area (Å²) in [5, 5.41) is 3.10. The molecule has 0 spiro atoms. The minimum absolute atomic E-state index is 0.115. The summed E-state index contributed by atoms with van der Waals surface area (Å²) >= 11 is 3.18. The van der Waals surface area contributed by atoms with E-state index in [4.69, 9.17) is 4.42 Å². The van der Waals surface area contributed by atoms with Gasteiger partial charge in [-0.2, -0.15) is 0 Å². The molecule has 5 nitrogen and oxygen atoms in total. The van der Waals surface area contributed by atoms with Gasteiger partial charge < -0.3 is 9.73 Å². The molecule has 1 rings (SSSR count). The Hall–Kier alpha value is -0.370. The van der Waals surface area contributed by atoms with Crippen molar-refractivity contribution in [2.24, 2.45) is 11.3 Å². The van der Waals surface area contributed by atoms with Crippen LogP contribution in [0, 0.1) is 11.3 Å². The van der Waals surface area contributed by atoms with Crippen LogP contribution in [0.5, 0.6) is 0 Å². The van der Waals surface area contributed by atoms with Crippen molar-refractivity contribution in [3.8, 4) is 0 Å². The molecule has 2 N–H and O–H groups in total. The quantitative estimate of drug-likeness (QED) is 0.726. The van der Waals surface area contributed by atoms with E-state index in [-0.39, 0.29) is 15.0 Å². The largest absolute Gasteiger partial charge is 0.452 e. The summed E-state index contributed by atoms with van der Waals surface area (Å²) in [6, 6.07) is 1.55. The van der Waals surface area contributed by atoms with Crippen molar-refractivity contribution < 1.29 is 12.8 Å². The van der Waals surface area contributed by atoms with Crippen LogP contribution in [0.3, 0.4) is 0 Å². The zero-order valence-electron chi connectivity index (χ0n) is 13.3. The van der Waals surface area contributed by atoms with Gasteiger partial charge in [0.05, 0.1) is 6.54 Å². The third kappa shape index (κ3) is 5.09. The number of hydrogen-bond acceptors (Lipinski definition) is 4. The fourth-order valence-electron chi connectivity index (χ4n) is 1.48. The van der Waals surface area contributed by atoms with E-state index in [1.807, 2.05) is 20.8 Å². The van der Waals surface area contributed by atoms with E-state index in [0.29, 0.717) is 24.8 Å². The molecule has 0 aromatic carbocycles. The maximum Gasteiger partial charge on any atom is 0.244 e. The summed E-state index contributed by atoms with van der Waals surface area (Å²) in [6.45, 7) is 11.9. The maximum absolute atomic E-state index is 12.4. The van der Waals surface area contributed by atoms with Crippen LogP contribution in [0.4, 0.5) is 0 Å². The van der Waals surface area contributed by atoms with Gasteiger partial charge in [0, 0.05) is 12.6 Å². The molecular formula is C14H25BrN2O3S. The van der Waals surface area contributed by atoms with Crippen molar-refractivity contribution in [3.63, 3.8) is 0 Å². The number of rotatable bonds is 8. The lowest BCUT2D eigenvalue weighted by Crippen LogP contribution is -2.36. The molecule has 0 amide bonds. The summed E-state index contributed by atoms with van der Waals surface area (Å²) in [7, 11) is -3.58. The van der Waals surface area contributed by atoms with Crippen molar-refractivity contribution in [2.45, 2.75) is 46.1 Å². The molecule has 1 aromatic heterocycles. The van der Waals surface area contributed by atoms with E-state index in [2.05, 4.69) is 39.8 Å². The smallest absolute Gasteiger partial charge is 0.244 e. The third-order valence-corrected chi connectivity index (χ3v) is 6.08. The first kappa shape index (κ1) is 18.7. The predicted molar refractivity (Wildman–Crippen MR) is 87.6 cm³/mol. The Morgan fingerprint density at radius 1 is 1.38 bits per heavy atom. The number of sulfonamides is 1. The molecule has 0 aliphatic heterocycles. The van der Waals surface area contributed by atoms with Gasteiger partial charge in [-0.1, -0.05) is 34.6 Å². The molecule has 0 unspecified atom stereocenters. The summed E-state index contributed by atoms with van der Waals surface area (Å²) in [4.78, 5) is 0.148. The van der Waals surface area contributed by atoms with Crippen molar-refractivity contribution in [3.05, 3.63) is 16.5 Å². The molecule has 0 fully saturated rings. The zero-order valence-corrected chi connectivity index (χ0v) is 15.7. The molecule has 0 aliphatic carbocycles. The molecule has 0 saturated carbocycles. The fourth-order valence-corrected chi connectivity index (χ4v) is 3.70. The predicted octanol–water partition coefficient (Wildman–Crippen LogP) is 3.11. The van der Waals surface area contributed by atoms with Gasteiger partial charge in [-0.25, -0.2) is 13.1 Å². The van der Waals surface area contributed by atoms with Crippen LogP contribution in [0.15, 0.2) is 20.0 Å². The molecule has 0 saturated heterocycles. The van der Waals surface area contributed by atoms with Crippen LogP contribution in [0.25, 0.3) is 0 Å².